The number of ketones is 1. The highest BCUT2D eigenvalue weighted by Crippen LogP contribution is 2.20. The molecular formula is C19H24N2O2. The number of anilines is 1. The van der Waals surface area contributed by atoms with Gasteiger partial charge in [-0.1, -0.05) is 32.4 Å². The van der Waals surface area contributed by atoms with Crippen molar-refractivity contribution in [1.29, 1.82) is 0 Å². The van der Waals surface area contributed by atoms with Gasteiger partial charge in [-0.15, -0.1) is 0 Å². The summed E-state index contributed by atoms with van der Waals surface area (Å²) < 4.78 is 5.61. The molecule has 0 amide bonds. The van der Waals surface area contributed by atoms with Gasteiger partial charge in [0.2, 0.25) is 0 Å². The van der Waals surface area contributed by atoms with Crippen molar-refractivity contribution in [2.24, 2.45) is 0 Å². The monoisotopic (exact) mass is 312 g/mol. The molecule has 0 bridgehead atoms. The van der Waals surface area contributed by atoms with Gasteiger partial charge in [-0.2, -0.15) is 0 Å². The lowest BCUT2D eigenvalue weighted by molar-refractivity contribution is 0.103. The highest BCUT2D eigenvalue weighted by Gasteiger charge is 2.14. The molecule has 4 nitrogen and oxygen atoms in total. The fraction of sp³-hybridized carbons (Fsp3) is 0.368. The van der Waals surface area contributed by atoms with Crippen LogP contribution in [0.5, 0.6) is 5.75 Å². The van der Waals surface area contributed by atoms with E-state index < -0.39 is 0 Å². The van der Waals surface area contributed by atoms with E-state index in [1.807, 2.05) is 24.3 Å². The smallest absolute Gasteiger partial charge is 0.196 e. The molecule has 0 spiro atoms. The molecule has 0 aliphatic carbocycles. The first-order chi connectivity index (χ1) is 11.3. The standard InChI is InChI=1S/C19H24N2O2/c1-3-5-11-20-19-17(10-7-12-21-19)18(22)15-8-6-9-16(14-15)23-13-4-2/h6-10,12,14H,3-5,11,13H2,1-2H3,(H,20,21). The van der Waals surface area contributed by atoms with Crippen LogP contribution in [0.3, 0.4) is 0 Å². The largest absolute Gasteiger partial charge is 0.494 e. The fourth-order valence-electron chi connectivity index (χ4n) is 2.22. The molecule has 0 unspecified atom stereocenters. The molecule has 4 heteroatoms. The maximum Gasteiger partial charge on any atom is 0.196 e. The van der Waals surface area contributed by atoms with Gasteiger partial charge in [0.25, 0.3) is 0 Å². The van der Waals surface area contributed by atoms with Crippen molar-refractivity contribution in [1.82, 2.24) is 4.98 Å². The number of carbonyl (C=O) groups excluding carboxylic acids is 1. The molecule has 0 saturated heterocycles. The van der Waals surface area contributed by atoms with Gasteiger partial charge in [-0.3, -0.25) is 4.79 Å². The number of benzene rings is 1. The van der Waals surface area contributed by atoms with E-state index >= 15 is 0 Å². The first-order valence-electron chi connectivity index (χ1n) is 8.22. The average molecular weight is 312 g/mol. The van der Waals surface area contributed by atoms with Crippen LogP contribution in [0.4, 0.5) is 5.82 Å². The Labute approximate surface area is 137 Å². The van der Waals surface area contributed by atoms with Crippen LogP contribution in [0.25, 0.3) is 0 Å². The highest BCUT2D eigenvalue weighted by molar-refractivity contribution is 6.12. The fourth-order valence-corrected chi connectivity index (χ4v) is 2.22. The Morgan fingerprint density at radius 2 is 2.04 bits per heavy atom. The first kappa shape index (κ1) is 17.0. The minimum Gasteiger partial charge on any atom is -0.494 e. The van der Waals surface area contributed by atoms with Crippen molar-refractivity contribution in [3.63, 3.8) is 0 Å². The summed E-state index contributed by atoms with van der Waals surface area (Å²) in [6.07, 6.45) is 4.78. The molecular weight excluding hydrogens is 288 g/mol. The second-order valence-corrected chi connectivity index (χ2v) is 5.39. The zero-order chi connectivity index (χ0) is 16.5. The molecule has 0 aliphatic rings. The molecule has 1 heterocycles. The predicted octanol–water partition coefficient (Wildman–Crippen LogP) is 4.31. The van der Waals surface area contributed by atoms with Crippen molar-refractivity contribution >= 4 is 11.6 Å². The van der Waals surface area contributed by atoms with Gasteiger partial charge in [0, 0.05) is 18.3 Å². The molecule has 1 aromatic heterocycles. The van der Waals surface area contributed by atoms with Gasteiger partial charge >= 0.3 is 0 Å². The molecule has 122 valence electrons. The number of ether oxygens (including phenoxy) is 1. The molecule has 0 fully saturated rings. The minimum atomic E-state index is -0.0425. The number of hydrogen-bond acceptors (Lipinski definition) is 4. The van der Waals surface area contributed by atoms with E-state index in [0.29, 0.717) is 23.6 Å². The van der Waals surface area contributed by atoms with E-state index in [4.69, 9.17) is 4.74 Å². The number of unbranched alkanes of at least 4 members (excludes halogenated alkanes) is 1. The van der Waals surface area contributed by atoms with Gasteiger partial charge in [0.1, 0.15) is 11.6 Å². The Balaban J connectivity index is 2.19. The van der Waals surface area contributed by atoms with Gasteiger partial charge in [0.05, 0.1) is 12.2 Å². The van der Waals surface area contributed by atoms with Crippen molar-refractivity contribution < 1.29 is 9.53 Å². The molecule has 2 aromatic rings. The molecule has 0 atom stereocenters. The minimum absolute atomic E-state index is 0.0425. The predicted molar refractivity (Wildman–Crippen MR) is 93.3 cm³/mol. The molecule has 1 aromatic carbocycles. The number of carbonyl (C=O) groups is 1. The van der Waals surface area contributed by atoms with Crippen LogP contribution in [0.2, 0.25) is 0 Å². The Bertz CT molecular complexity index is 641. The lowest BCUT2D eigenvalue weighted by Gasteiger charge is -2.11. The van der Waals surface area contributed by atoms with E-state index in [1.54, 1.807) is 18.3 Å². The van der Waals surface area contributed by atoms with Crippen LogP contribution < -0.4 is 10.1 Å². The molecule has 23 heavy (non-hydrogen) atoms. The summed E-state index contributed by atoms with van der Waals surface area (Å²) in [6.45, 7) is 5.65. The van der Waals surface area contributed by atoms with Crippen molar-refractivity contribution in [2.75, 3.05) is 18.5 Å². The third-order valence-electron chi connectivity index (χ3n) is 3.44. The number of nitrogens with zero attached hydrogens (tertiary/aromatic N) is 1. The molecule has 0 saturated carbocycles. The number of rotatable bonds is 9. The summed E-state index contributed by atoms with van der Waals surface area (Å²) in [5.41, 5.74) is 1.21. The second-order valence-electron chi connectivity index (χ2n) is 5.39. The van der Waals surface area contributed by atoms with Gasteiger partial charge < -0.3 is 10.1 Å². The maximum absolute atomic E-state index is 12.8. The van der Waals surface area contributed by atoms with E-state index in [9.17, 15) is 4.79 Å². The lowest BCUT2D eigenvalue weighted by Crippen LogP contribution is -2.10. The van der Waals surface area contributed by atoms with Crippen molar-refractivity contribution in [3.8, 4) is 5.75 Å². The third kappa shape index (κ3) is 4.81. The highest BCUT2D eigenvalue weighted by atomic mass is 16.5. The summed E-state index contributed by atoms with van der Waals surface area (Å²) in [6, 6.07) is 10.9. The SMILES string of the molecule is CCCCNc1ncccc1C(=O)c1cccc(OCCC)c1. The topological polar surface area (TPSA) is 51.2 Å². The van der Waals surface area contributed by atoms with Crippen molar-refractivity contribution in [2.45, 2.75) is 33.1 Å². The summed E-state index contributed by atoms with van der Waals surface area (Å²) in [4.78, 5) is 17.1. The van der Waals surface area contributed by atoms with Gasteiger partial charge in [-0.05, 0) is 37.1 Å². The lowest BCUT2D eigenvalue weighted by atomic mass is 10.0. The normalized spacial score (nSPS) is 10.3. The van der Waals surface area contributed by atoms with Crippen LogP contribution >= 0.6 is 0 Å². The van der Waals surface area contributed by atoms with E-state index in [2.05, 4.69) is 24.1 Å². The summed E-state index contributed by atoms with van der Waals surface area (Å²) >= 11 is 0. The number of pyridine rings is 1. The van der Waals surface area contributed by atoms with E-state index in [1.165, 1.54) is 0 Å². The molecule has 0 aliphatic heterocycles. The molecule has 1 N–H and O–H groups in total. The Kier molecular flexibility index (Phi) is 6.60. The summed E-state index contributed by atoms with van der Waals surface area (Å²) in [5.74, 6) is 1.33. The molecule has 2 rings (SSSR count). The summed E-state index contributed by atoms with van der Waals surface area (Å²) in [7, 11) is 0. The maximum atomic E-state index is 12.8. The Hall–Kier alpha value is -2.36. The third-order valence-corrected chi connectivity index (χ3v) is 3.44. The Morgan fingerprint density at radius 3 is 2.83 bits per heavy atom. The van der Waals surface area contributed by atoms with Crippen LogP contribution in [0, 0.1) is 0 Å². The number of nitrogens with one attached hydrogen (secondary N) is 1. The van der Waals surface area contributed by atoms with E-state index in [-0.39, 0.29) is 5.78 Å². The first-order valence-corrected chi connectivity index (χ1v) is 8.22. The zero-order valence-corrected chi connectivity index (χ0v) is 13.8. The van der Waals surface area contributed by atoms with Crippen LogP contribution in [-0.2, 0) is 0 Å². The Morgan fingerprint density at radius 1 is 1.17 bits per heavy atom. The van der Waals surface area contributed by atoms with Crippen molar-refractivity contribution in [3.05, 3.63) is 53.7 Å². The number of hydrogen-bond donors (Lipinski definition) is 1. The van der Waals surface area contributed by atoms with Gasteiger partial charge in [-0.25, -0.2) is 4.98 Å². The van der Waals surface area contributed by atoms with Gasteiger partial charge in [0.15, 0.2) is 5.78 Å². The zero-order valence-electron chi connectivity index (χ0n) is 13.8. The average Bonchev–Trinajstić information content (AvgIpc) is 2.60. The number of aromatic nitrogens is 1. The van der Waals surface area contributed by atoms with E-state index in [0.717, 1.165) is 31.6 Å². The summed E-state index contributed by atoms with van der Waals surface area (Å²) in [5, 5.41) is 3.25. The molecule has 0 radical (unpaired) electrons. The van der Waals surface area contributed by atoms with Crippen LogP contribution in [-0.4, -0.2) is 23.9 Å². The van der Waals surface area contributed by atoms with Crippen LogP contribution in [0.1, 0.15) is 49.0 Å². The van der Waals surface area contributed by atoms with Crippen LogP contribution in [0.15, 0.2) is 42.6 Å². The second kappa shape index (κ2) is 8.93. The quantitative estimate of drug-likeness (QED) is 0.553.